The molecule has 0 amide bonds. The average molecular weight is 930 g/mol. The van der Waals surface area contributed by atoms with E-state index in [1.165, 1.54) is 55.6 Å². The molecule has 2 aliphatic carbocycles. The molecule has 1 spiro atoms. The van der Waals surface area contributed by atoms with Gasteiger partial charge < -0.3 is 14.1 Å². The van der Waals surface area contributed by atoms with E-state index >= 15 is 0 Å². The van der Waals surface area contributed by atoms with Crippen LogP contribution in [-0.2, 0) is 10.8 Å². The maximum Gasteiger partial charge on any atom is 0.140 e. The summed E-state index contributed by atoms with van der Waals surface area (Å²) in [6.45, 7) is 0. The van der Waals surface area contributed by atoms with Crippen molar-refractivity contribution in [2.45, 2.75) is 10.8 Å². The Morgan fingerprint density at radius 1 is 0.315 bits per heavy atom. The Balaban J connectivity index is 1.04. The van der Waals surface area contributed by atoms with Crippen LogP contribution >= 0.6 is 0 Å². The summed E-state index contributed by atoms with van der Waals surface area (Å²) in [5.41, 5.74) is 18.1. The zero-order valence-corrected chi connectivity index (χ0v) is 39.6. The van der Waals surface area contributed by atoms with E-state index in [1.807, 2.05) is 0 Å². The first kappa shape index (κ1) is 40.3. The highest BCUT2D eigenvalue weighted by atomic mass is 16.5. The SMILES string of the molecule is c1ccc(C2(c3ccccc3)c3ccccc3-c3c(N(c4ccc5c(c4)C4(c6ccccc6-5)c5ccc6ccccc6c5Oc5c4ccc4ccccc54)c4cccc5oc6ccccc6c45)cccc32)cc1. The van der Waals surface area contributed by atoms with Gasteiger partial charge in [-0.1, -0.05) is 224 Å². The Kier molecular flexibility index (Phi) is 8.30. The van der Waals surface area contributed by atoms with E-state index in [2.05, 4.69) is 266 Å². The molecule has 0 radical (unpaired) electrons. The van der Waals surface area contributed by atoms with Crippen LogP contribution in [0.25, 0.3) is 65.7 Å². The van der Waals surface area contributed by atoms with E-state index in [0.29, 0.717) is 0 Å². The molecule has 2 heterocycles. The first-order valence-electron chi connectivity index (χ1n) is 25.2. The van der Waals surface area contributed by atoms with Gasteiger partial charge in [0.25, 0.3) is 0 Å². The lowest BCUT2D eigenvalue weighted by atomic mass is 9.65. The lowest BCUT2D eigenvalue weighted by molar-refractivity contribution is 0.447. The highest BCUT2D eigenvalue weighted by molar-refractivity contribution is 6.14. The summed E-state index contributed by atoms with van der Waals surface area (Å²) in [6.07, 6.45) is 0. The molecule has 3 heteroatoms. The van der Waals surface area contributed by atoms with E-state index in [9.17, 15) is 0 Å². The molecule has 3 aliphatic rings. The van der Waals surface area contributed by atoms with Gasteiger partial charge in [-0.25, -0.2) is 0 Å². The highest BCUT2D eigenvalue weighted by Crippen LogP contribution is 2.66. The second-order valence-corrected chi connectivity index (χ2v) is 19.8. The number of para-hydroxylation sites is 1. The zero-order valence-electron chi connectivity index (χ0n) is 39.6. The van der Waals surface area contributed by atoms with Gasteiger partial charge in [-0.2, -0.15) is 0 Å². The summed E-state index contributed by atoms with van der Waals surface area (Å²) in [5.74, 6) is 1.80. The fraction of sp³-hybridized carbons (Fsp3) is 0.0286. The van der Waals surface area contributed by atoms with Gasteiger partial charge in [0.05, 0.1) is 27.6 Å². The van der Waals surface area contributed by atoms with Crippen molar-refractivity contribution in [3.05, 3.63) is 305 Å². The van der Waals surface area contributed by atoms with Crippen molar-refractivity contribution < 1.29 is 9.15 Å². The lowest BCUT2D eigenvalue weighted by Crippen LogP contribution is -2.32. The van der Waals surface area contributed by atoms with Crippen LogP contribution in [0.15, 0.2) is 265 Å². The van der Waals surface area contributed by atoms with Crippen LogP contribution < -0.4 is 9.64 Å². The molecule has 13 aromatic rings. The summed E-state index contributed by atoms with van der Waals surface area (Å²) in [7, 11) is 0. The number of fused-ring (bicyclic) bond motifs is 19. The van der Waals surface area contributed by atoms with Crippen LogP contribution in [0.1, 0.15) is 44.5 Å². The van der Waals surface area contributed by atoms with Crippen LogP contribution in [0.4, 0.5) is 17.1 Å². The van der Waals surface area contributed by atoms with Gasteiger partial charge in [0.15, 0.2) is 0 Å². The van der Waals surface area contributed by atoms with Crippen molar-refractivity contribution in [3.63, 3.8) is 0 Å². The Bertz CT molecular complexity index is 4310. The van der Waals surface area contributed by atoms with Crippen LogP contribution in [0.2, 0.25) is 0 Å². The third-order valence-corrected chi connectivity index (χ3v) is 16.4. The van der Waals surface area contributed by atoms with E-state index < -0.39 is 10.8 Å². The Labute approximate surface area is 422 Å². The molecule has 1 aliphatic heterocycles. The topological polar surface area (TPSA) is 25.6 Å². The van der Waals surface area contributed by atoms with Gasteiger partial charge in [0.1, 0.15) is 22.7 Å². The second-order valence-electron chi connectivity index (χ2n) is 19.8. The molecule has 16 rings (SSSR count). The molecule has 0 N–H and O–H groups in total. The summed E-state index contributed by atoms with van der Waals surface area (Å²) in [6, 6.07) is 96.0. The Morgan fingerprint density at radius 3 is 1.53 bits per heavy atom. The standard InChI is InChI=1S/C70H43NO2/c1-3-21-46(22-4-1)69(47-23-5-2-6-24-47)56-31-15-12-28-53(56)65-57(69)32-17-33-61(65)71(62-34-18-36-64-66(62)54-29-13-16-35-63(54)72-64)48-39-40-52-51-27-11-14-30-55(51)70(60(52)43-48)58-41-37-44-19-7-9-25-49(44)67(58)73-68-50-26-10-8-20-45(50)38-42-59(68)70/h1-43H. The van der Waals surface area contributed by atoms with E-state index in [-0.39, 0.29) is 0 Å². The van der Waals surface area contributed by atoms with E-state index in [1.54, 1.807) is 0 Å². The number of benzene rings is 12. The monoisotopic (exact) mass is 929 g/mol. The molecule has 3 nitrogen and oxygen atoms in total. The van der Waals surface area contributed by atoms with Gasteiger partial charge in [-0.05, 0) is 97.2 Å². The number of ether oxygens (including phenoxy) is 1. The zero-order chi connectivity index (χ0) is 47.8. The summed E-state index contributed by atoms with van der Waals surface area (Å²) in [4.78, 5) is 2.53. The normalized spacial score (nSPS) is 14.1. The largest absolute Gasteiger partial charge is 0.456 e. The highest BCUT2D eigenvalue weighted by Gasteiger charge is 2.53. The number of anilines is 3. The van der Waals surface area contributed by atoms with E-state index in [0.717, 1.165) is 83.2 Å². The van der Waals surface area contributed by atoms with Gasteiger partial charge in [0.2, 0.25) is 0 Å². The lowest BCUT2D eigenvalue weighted by Gasteiger charge is -2.40. The van der Waals surface area contributed by atoms with Gasteiger partial charge in [0, 0.05) is 38.5 Å². The number of furan rings is 1. The molecule has 0 bridgehead atoms. The van der Waals surface area contributed by atoms with Crippen LogP contribution in [0, 0.1) is 0 Å². The van der Waals surface area contributed by atoms with E-state index in [4.69, 9.17) is 9.15 Å². The molecule has 12 aromatic carbocycles. The van der Waals surface area contributed by atoms with Crippen LogP contribution in [0.3, 0.4) is 0 Å². The summed E-state index contributed by atoms with van der Waals surface area (Å²) in [5, 5.41) is 6.63. The molecule has 0 fully saturated rings. The van der Waals surface area contributed by atoms with Gasteiger partial charge in [-0.3, -0.25) is 0 Å². The van der Waals surface area contributed by atoms with Crippen molar-refractivity contribution in [1.82, 2.24) is 0 Å². The number of hydrogen-bond donors (Lipinski definition) is 0. The van der Waals surface area contributed by atoms with Crippen molar-refractivity contribution in [1.29, 1.82) is 0 Å². The maximum absolute atomic E-state index is 7.37. The fourth-order valence-corrected chi connectivity index (χ4v) is 13.5. The van der Waals surface area contributed by atoms with Crippen molar-refractivity contribution >= 4 is 60.5 Å². The predicted molar refractivity (Wildman–Crippen MR) is 298 cm³/mol. The minimum atomic E-state index is -0.736. The molecule has 340 valence electrons. The Hall–Kier alpha value is -9.44. The van der Waals surface area contributed by atoms with Crippen LogP contribution in [-0.4, -0.2) is 0 Å². The third-order valence-electron chi connectivity index (χ3n) is 16.4. The summed E-state index contributed by atoms with van der Waals surface area (Å²) >= 11 is 0. The van der Waals surface area contributed by atoms with Crippen molar-refractivity contribution in [2.24, 2.45) is 0 Å². The fourth-order valence-electron chi connectivity index (χ4n) is 13.5. The molecular weight excluding hydrogens is 887 g/mol. The molecule has 0 atom stereocenters. The minimum Gasteiger partial charge on any atom is -0.456 e. The first-order chi connectivity index (χ1) is 36.2. The Morgan fingerprint density at radius 2 is 0.836 bits per heavy atom. The average Bonchev–Trinajstić information content (AvgIpc) is 4.17. The van der Waals surface area contributed by atoms with Crippen molar-refractivity contribution in [3.8, 4) is 33.8 Å². The van der Waals surface area contributed by atoms with Crippen LogP contribution in [0.5, 0.6) is 11.5 Å². The quantitative estimate of drug-likeness (QED) is 0.172. The molecule has 0 saturated heterocycles. The molecule has 0 unspecified atom stereocenters. The smallest absolute Gasteiger partial charge is 0.140 e. The number of rotatable bonds is 5. The predicted octanol–water partition coefficient (Wildman–Crippen LogP) is 18.2. The van der Waals surface area contributed by atoms with Crippen molar-refractivity contribution in [2.75, 3.05) is 4.90 Å². The number of nitrogens with zero attached hydrogens (tertiary/aromatic N) is 1. The molecule has 0 saturated carbocycles. The maximum atomic E-state index is 7.37. The third kappa shape index (κ3) is 5.27. The molecule has 73 heavy (non-hydrogen) atoms. The summed E-state index contributed by atoms with van der Waals surface area (Å²) < 4.78 is 14.1. The number of hydrogen-bond acceptors (Lipinski definition) is 3. The molecule has 1 aromatic heterocycles. The molecular formula is C70H43NO2. The first-order valence-corrected chi connectivity index (χ1v) is 25.2. The van der Waals surface area contributed by atoms with Gasteiger partial charge in [-0.15, -0.1) is 0 Å². The van der Waals surface area contributed by atoms with Gasteiger partial charge >= 0.3 is 0 Å². The second kappa shape index (κ2) is 15.0. The minimum absolute atomic E-state index is 0.588.